The first-order chi connectivity index (χ1) is 6.60. The summed E-state index contributed by atoms with van der Waals surface area (Å²) >= 11 is 0. The van der Waals surface area contributed by atoms with Gasteiger partial charge in [0, 0.05) is 6.54 Å². The number of carbonyl (C=O) groups is 2. The Kier molecular flexibility index (Phi) is 3.13. The average Bonchev–Trinajstić information content (AvgIpc) is 2.64. The fourth-order valence-electron chi connectivity index (χ4n) is 1.82. The summed E-state index contributed by atoms with van der Waals surface area (Å²) in [5, 5.41) is 11.5. The van der Waals surface area contributed by atoms with Crippen molar-refractivity contribution in [1.82, 2.24) is 5.32 Å². The lowest BCUT2D eigenvalue weighted by Gasteiger charge is -2.23. The maximum Gasteiger partial charge on any atom is 0.311 e. The smallest absolute Gasteiger partial charge is 0.311 e. The molecule has 0 saturated heterocycles. The van der Waals surface area contributed by atoms with Gasteiger partial charge >= 0.3 is 5.97 Å². The van der Waals surface area contributed by atoms with Crippen LogP contribution in [-0.4, -0.2) is 23.5 Å². The van der Waals surface area contributed by atoms with Crippen molar-refractivity contribution in [2.45, 2.75) is 25.7 Å². The molecule has 0 bridgehead atoms. The minimum absolute atomic E-state index is 0.144. The summed E-state index contributed by atoms with van der Waals surface area (Å²) in [4.78, 5) is 21.8. The van der Waals surface area contributed by atoms with E-state index in [1.54, 1.807) is 0 Å². The zero-order valence-corrected chi connectivity index (χ0v) is 7.88. The van der Waals surface area contributed by atoms with Crippen LogP contribution in [0.5, 0.6) is 0 Å². The molecule has 0 unspecified atom stereocenters. The first-order valence-electron chi connectivity index (χ1n) is 4.58. The van der Waals surface area contributed by atoms with Crippen molar-refractivity contribution >= 4 is 11.9 Å². The second kappa shape index (κ2) is 4.14. The predicted molar refractivity (Wildman–Crippen MR) is 50.4 cm³/mol. The van der Waals surface area contributed by atoms with E-state index in [2.05, 4.69) is 5.32 Å². The molecule has 0 aromatic carbocycles. The van der Waals surface area contributed by atoms with Crippen LogP contribution in [0.15, 0.2) is 0 Å². The van der Waals surface area contributed by atoms with E-state index < -0.39 is 17.3 Å². The molecule has 1 fully saturated rings. The number of amides is 1. The van der Waals surface area contributed by atoms with Gasteiger partial charge in [-0.15, -0.1) is 6.42 Å². The number of carbonyl (C=O) groups excluding carboxylic acids is 1. The van der Waals surface area contributed by atoms with Gasteiger partial charge in [0.25, 0.3) is 5.91 Å². The number of hydrogen-bond acceptors (Lipinski definition) is 2. The Bertz CT molecular complexity index is 284. The normalized spacial score (nSPS) is 18.5. The Labute approximate surface area is 82.7 Å². The lowest BCUT2D eigenvalue weighted by Crippen LogP contribution is -2.40. The fourth-order valence-corrected chi connectivity index (χ4v) is 1.82. The first-order valence-corrected chi connectivity index (χ1v) is 4.58. The van der Waals surface area contributed by atoms with Crippen LogP contribution in [-0.2, 0) is 9.59 Å². The summed E-state index contributed by atoms with van der Waals surface area (Å²) in [6.07, 6.45) is 7.91. The first kappa shape index (κ1) is 10.6. The lowest BCUT2D eigenvalue weighted by molar-refractivity contribution is -0.148. The molecule has 0 radical (unpaired) electrons. The van der Waals surface area contributed by atoms with E-state index >= 15 is 0 Å². The molecule has 4 nitrogen and oxygen atoms in total. The summed E-state index contributed by atoms with van der Waals surface area (Å²) in [6, 6.07) is 0. The summed E-state index contributed by atoms with van der Waals surface area (Å²) < 4.78 is 0. The highest BCUT2D eigenvalue weighted by atomic mass is 16.4. The Hall–Kier alpha value is -1.50. The molecular weight excluding hydrogens is 182 g/mol. The van der Waals surface area contributed by atoms with Crippen LogP contribution in [0.2, 0.25) is 0 Å². The van der Waals surface area contributed by atoms with E-state index in [0.717, 1.165) is 12.8 Å². The zero-order chi connectivity index (χ0) is 10.6. The minimum Gasteiger partial charge on any atom is -0.481 e. The quantitative estimate of drug-likeness (QED) is 0.640. The van der Waals surface area contributed by atoms with E-state index in [4.69, 9.17) is 11.5 Å². The van der Waals surface area contributed by atoms with Gasteiger partial charge in [-0.3, -0.25) is 9.59 Å². The zero-order valence-electron chi connectivity index (χ0n) is 7.88. The van der Waals surface area contributed by atoms with Gasteiger partial charge in [0.1, 0.15) is 0 Å². The SMILES string of the molecule is C#CC(=O)NCC1(C(=O)O)CCCC1. The number of nitrogens with one attached hydrogen (secondary N) is 1. The minimum atomic E-state index is -0.840. The van der Waals surface area contributed by atoms with E-state index in [-0.39, 0.29) is 6.54 Å². The van der Waals surface area contributed by atoms with Crippen LogP contribution in [0.1, 0.15) is 25.7 Å². The van der Waals surface area contributed by atoms with Crippen LogP contribution < -0.4 is 5.32 Å². The fraction of sp³-hybridized carbons (Fsp3) is 0.600. The third-order valence-electron chi connectivity index (χ3n) is 2.73. The monoisotopic (exact) mass is 195 g/mol. The molecule has 0 aromatic heterocycles. The molecule has 76 valence electrons. The third kappa shape index (κ3) is 2.05. The molecule has 1 saturated carbocycles. The molecule has 0 spiro atoms. The summed E-state index contributed by atoms with van der Waals surface area (Å²) in [6.45, 7) is 0.144. The van der Waals surface area contributed by atoms with Crippen molar-refractivity contribution in [1.29, 1.82) is 0 Å². The Balaban J connectivity index is 2.58. The number of hydrogen-bond donors (Lipinski definition) is 2. The molecule has 4 heteroatoms. The van der Waals surface area contributed by atoms with Crippen LogP contribution in [0.3, 0.4) is 0 Å². The van der Waals surface area contributed by atoms with Gasteiger partial charge in [-0.1, -0.05) is 12.8 Å². The molecule has 1 rings (SSSR count). The number of aliphatic carboxylic acids is 1. The van der Waals surface area contributed by atoms with Gasteiger partial charge in [-0.05, 0) is 18.8 Å². The molecular formula is C10H13NO3. The van der Waals surface area contributed by atoms with Gasteiger partial charge in [0.05, 0.1) is 5.41 Å². The second-order valence-electron chi connectivity index (χ2n) is 3.62. The largest absolute Gasteiger partial charge is 0.481 e. The topological polar surface area (TPSA) is 66.4 Å². The van der Waals surface area contributed by atoms with Crippen molar-refractivity contribution in [3.63, 3.8) is 0 Å². The van der Waals surface area contributed by atoms with Gasteiger partial charge in [-0.25, -0.2) is 0 Å². The van der Waals surface area contributed by atoms with Crippen molar-refractivity contribution < 1.29 is 14.7 Å². The standard InChI is InChI=1S/C10H13NO3/c1-2-8(12)11-7-10(9(13)14)5-3-4-6-10/h1H,3-7H2,(H,11,12)(H,13,14). The maximum absolute atomic E-state index is 11.0. The highest BCUT2D eigenvalue weighted by molar-refractivity contribution is 5.93. The molecule has 1 amide bonds. The van der Waals surface area contributed by atoms with Gasteiger partial charge in [0.15, 0.2) is 0 Å². The molecule has 14 heavy (non-hydrogen) atoms. The Morgan fingerprint density at radius 1 is 1.43 bits per heavy atom. The molecule has 0 aliphatic heterocycles. The molecule has 0 heterocycles. The highest BCUT2D eigenvalue weighted by Crippen LogP contribution is 2.37. The number of carboxylic acid groups (broad SMARTS) is 1. The van der Waals surface area contributed by atoms with Crippen molar-refractivity contribution in [3.8, 4) is 12.3 Å². The summed E-state index contributed by atoms with van der Waals surface area (Å²) in [7, 11) is 0. The Morgan fingerprint density at radius 2 is 2.00 bits per heavy atom. The van der Waals surface area contributed by atoms with Gasteiger partial charge in [-0.2, -0.15) is 0 Å². The molecule has 1 aliphatic rings. The summed E-state index contributed by atoms with van der Waals surface area (Å²) in [5.74, 6) is 0.518. The van der Waals surface area contributed by atoms with Crippen LogP contribution in [0.25, 0.3) is 0 Å². The van der Waals surface area contributed by atoms with Crippen LogP contribution in [0.4, 0.5) is 0 Å². The van der Waals surface area contributed by atoms with E-state index in [1.165, 1.54) is 0 Å². The van der Waals surface area contributed by atoms with Crippen LogP contribution in [0, 0.1) is 17.8 Å². The van der Waals surface area contributed by atoms with Crippen LogP contribution >= 0.6 is 0 Å². The number of rotatable bonds is 3. The van der Waals surface area contributed by atoms with E-state index in [1.807, 2.05) is 5.92 Å². The number of carboxylic acids is 1. The van der Waals surface area contributed by atoms with E-state index in [0.29, 0.717) is 12.8 Å². The van der Waals surface area contributed by atoms with Gasteiger partial charge in [0.2, 0.25) is 0 Å². The maximum atomic E-state index is 11.0. The highest BCUT2D eigenvalue weighted by Gasteiger charge is 2.41. The molecule has 1 aliphatic carbocycles. The lowest BCUT2D eigenvalue weighted by atomic mass is 9.86. The van der Waals surface area contributed by atoms with Crippen molar-refractivity contribution in [2.75, 3.05) is 6.54 Å². The number of terminal acetylenes is 1. The third-order valence-corrected chi connectivity index (χ3v) is 2.73. The molecule has 2 N–H and O–H groups in total. The molecule has 0 atom stereocenters. The van der Waals surface area contributed by atoms with E-state index in [9.17, 15) is 9.59 Å². The predicted octanol–water partition coefficient (Wildman–Crippen LogP) is 0.381. The average molecular weight is 195 g/mol. The van der Waals surface area contributed by atoms with Crippen molar-refractivity contribution in [2.24, 2.45) is 5.41 Å². The van der Waals surface area contributed by atoms with Crippen molar-refractivity contribution in [3.05, 3.63) is 0 Å². The molecule has 0 aromatic rings. The summed E-state index contributed by atoms with van der Waals surface area (Å²) in [5.41, 5.74) is -0.785. The second-order valence-corrected chi connectivity index (χ2v) is 3.62. The van der Waals surface area contributed by atoms with Gasteiger partial charge < -0.3 is 10.4 Å². The Morgan fingerprint density at radius 3 is 2.43 bits per heavy atom.